The number of nitrogens with zero attached hydrogens (tertiary/aromatic N) is 2. The number of alkyl halides is 3. The SMILES string of the molecule is C[C@H]1C[C@@H](n2c(Nc3ccc(OC(F)(F)F)cc3)nc3cc(NC(=O)OC(C)(C)C)ccc32)CC(C)(C)C1. The minimum atomic E-state index is -4.75. The molecule has 38 heavy (non-hydrogen) atoms. The zero-order chi connectivity index (χ0) is 27.9. The largest absolute Gasteiger partial charge is 0.573 e. The molecule has 2 atom stereocenters. The van der Waals surface area contributed by atoms with Crippen LogP contribution in [0, 0.1) is 11.3 Å². The van der Waals surface area contributed by atoms with Crippen molar-refractivity contribution < 1.29 is 27.4 Å². The van der Waals surface area contributed by atoms with E-state index in [0.717, 1.165) is 24.8 Å². The Bertz CT molecular complexity index is 1290. The van der Waals surface area contributed by atoms with Crippen LogP contribution in [0.15, 0.2) is 42.5 Å². The van der Waals surface area contributed by atoms with Gasteiger partial charge in [0, 0.05) is 17.4 Å². The van der Waals surface area contributed by atoms with Crippen LogP contribution >= 0.6 is 0 Å². The number of ether oxygens (including phenoxy) is 2. The van der Waals surface area contributed by atoms with Crippen molar-refractivity contribution in [2.75, 3.05) is 10.6 Å². The number of nitrogens with one attached hydrogen (secondary N) is 2. The average Bonchev–Trinajstić information content (AvgIpc) is 3.08. The summed E-state index contributed by atoms with van der Waals surface area (Å²) in [5.74, 6) is 0.798. The number of benzene rings is 2. The summed E-state index contributed by atoms with van der Waals surface area (Å²) in [6.07, 6.45) is -2.26. The highest BCUT2D eigenvalue weighted by atomic mass is 19.4. The minimum Gasteiger partial charge on any atom is -0.444 e. The third-order valence-corrected chi connectivity index (χ3v) is 6.41. The number of hydrogen-bond donors (Lipinski definition) is 2. The van der Waals surface area contributed by atoms with Crippen molar-refractivity contribution >= 4 is 34.4 Å². The topological polar surface area (TPSA) is 77.4 Å². The van der Waals surface area contributed by atoms with Crippen LogP contribution in [0.3, 0.4) is 0 Å². The molecule has 206 valence electrons. The van der Waals surface area contributed by atoms with Crippen LogP contribution in [0.2, 0.25) is 0 Å². The predicted molar refractivity (Wildman–Crippen MR) is 142 cm³/mol. The van der Waals surface area contributed by atoms with Gasteiger partial charge in [-0.05, 0) is 93.8 Å². The van der Waals surface area contributed by atoms with E-state index < -0.39 is 18.1 Å². The molecule has 1 amide bonds. The van der Waals surface area contributed by atoms with Crippen LogP contribution in [-0.2, 0) is 4.74 Å². The van der Waals surface area contributed by atoms with Gasteiger partial charge in [-0.25, -0.2) is 9.78 Å². The Morgan fingerprint density at radius 2 is 1.71 bits per heavy atom. The number of fused-ring (bicyclic) bond motifs is 1. The minimum absolute atomic E-state index is 0.144. The normalized spacial score (nSPS) is 19.7. The van der Waals surface area contributed by atoms with Crippen LogP contribution in [0.1, 0.15) is 66.8 Å². The lowest BCUT2D eigenvalue weighted by atomic mass is 9.70. The summed E-state index contributed by atoms with van der Waals surface area (Å²) >= 11 is 0. The van der Waals surface area contributed by atoms with Crippen molar-refractivity contribution in [3.05, 3.63) is 42.5 Å². The quantitative estimate of drug-likeness (QED) is 0.345. The number of anilines is 3. The molecule has 7 nitrogen and oxygen atoms in total. The van der Waals surface area contributed by atoms with E-state index in [9.17, 15) is 18.0 Å². The van der Waals surface area contributed by atoms with E-state index in [4.69, 9.17) is 9.72 Å². The summed E-state index contributed by atoms with van der Waals surface area (Å²) < 4.78 is 49.2. The van der Waals surface area contributed by atoms with Gasteiger partial charge in [-0.3, -0.25) is 5.32 Å². The number of imidazole rings is 1. The summed E-state index contributed by atoms with van der Waals surface area (Å²) in [4.78, 5) is 17.1. The van der Waals surface area contributed by atoms with Crippen LogP contribution in [0.5, 0.6) is 5.75 Å². The van der Waals surface area contributed by atoms with Crippen LogP contribution in [0.25, 0.3) is 11.0 Å². The van der Waals surface area contributed by atoms with Gasteiger partial charge in [-0.15, -0.1) is 13.2 Å². The molecular weight excluding hydrogens is 497 g/mol. The molecule has 2 N–H and O–H groups in total. The fraction of sp³-hybridized carbons (Fsp3) is 0.500. The Balaban J connectivity index is 1.68. The first-order valence-electron chi connectivity index (χ1n) is 12.7. The van der Waals surface area contributed by atoms with Crippen LogP contribution in [-0.4, -0.2) is 27.6 Å². The van der Waals surface area contributed by atoms with Gasteiger partial charge in [0.1, 0.15) is 11.4 Å². The molecule has 0 radical (unpaired) electrons. The van der Waals surface area contributed by atoms with Crippen LogP contribution < -0.4 is 15.4 Å². The molecule has 0 spiro atoms. The molecule has 10 heteroatoms. The highest BCUT2D eigenvalue weighted by Crippen LogP contribution is 2.46. The molecule has 1 saturated carbocycles. The molecule has 0 aliphatic heterocycles. The van der Waals surface area contributed by atoms with Crippen molar-refractivity contribution in [3.8, 4) is 5.75 Å². The number of aromatic nitrogens is 2. The molecule has 1 aromatic heterocycles. The Morgan fingerprint density at radius 1 is 1.05 bits per heavy atom. The molecule has 0 unspecified atom stereocenters. The monoisotopic (exact) mass is 532 g/mol. The zero-order valence-electron chi connectivity index (χ0n) is 22.6. The summed E-state index contributed by atoms with van der Waals surface area (Å²) in [6.45, 7) is 12.2. The highest BCUT2D eigenvalue weighted by molar-refractivity contribution is 5.90. The van der Waals surface area contributed by atoms with E-state index in [1.54, 1.807) is 26.8 Å². The Kier molecular flexibility index (Phi) is 7.29. The first-order valence-corrected chi connectivity index (χ1v) is 12.7. The molecule has 0 bridgehead atoms. The lowest BCUT2D eigenvalue weighted by Crippen LogP contribution is -2.29. The van der Waals surface area contributed by atoms with Crippen molar-refractivity contribution in [1.82, 2.24) is 9.55 Å². The molecule has 1 aliphatic rings. The van der Waals surface area contributed by atoms with E-state index in [2.05, 4.69) is 40.7 Å². The summed E-state index contributed by atoms with van der Waals surface area (Å²) in [5, 5.41) is 6.04. The predicted octanol–water partition coefficient (Wildman–Crippen LogP) is 8.41. The van der Waals surface area contributed by atoms with Crippen molar-refractivity contribution in [2.45, 2.75) is 78.8 Å². The molecule has 1 fully saturated rings. The lowest BCUT2D eigenvalue weighted by molar-refractivity contribution is -0.274. The molecular formula is C28H35F3N4O3. The van der Waals surface area contributed by atoms with Crippen LogP contribution in [0.4, 0.5) is 35.3 Å². The first-order chi connectivity index (χ1) is 17.6. The summed E-state index contributed by atoms with van der Waals surface area (Å²) in [7, 11) is 0. The Hall–Kier alpha value is -3.43. The zero-order valence-corrected chi connectivity index (χ0v) is 22.6. The number of rotatable bonds is 5. The fourth-order valence-electron chi connectivity index (χ4n) is 5.42. The van der Waals surface area contributed by atoms with Crippen molar-refractivity contribution in [1.29, 1.82) is 0 Å². The molecule has 1 heterocycles. The lowest BCUT2D eigenvalue weighted by Gasteiger charge is -2.40. The van der Waals surface area contributed by atoms with E-state index in [0.29, 0.717) is 28.8 Å². The maximum absolute atomic E-state index is 12.6. The van der Waals surface area contributed by atoms with Gasteiger partial charge in [-0.1, -0.05) is 20.8 Å². The van der Waals surface area contributed by atoms with Gasteiger partial charge >= 0.3 is 12.5 Å². The van der Waals surface area contributed by atoms with Crippen molar-refractivity contribution in [2.24, 2.45) is 11.3 Å². The number of amides is 1. The Morgan fingerprint density at radius 3 is 2.32 bits per heavy atom. The average molecular weight is 533 g/mol. The fourth-order valence-corrected chi connectivity index (χ4v) is 5.42. The number of hydrogen-bond acceptors (Lipinski definition) is 5. The van der Waals surface area contributed by atoms with Crippen molar-refractivity contribution in [3.63, 3.8) is 0 Å². The third kappa shape index (κ3) is 7.11. The summed E-state index contributed by atoms with van der Waals surface area (Å²) in [5.41, 5.74) is 2.21. The van der Waals surface area contributed by atoms with E-state index in [1.165, 1.54) is 24.3 Å². The van der Waals surface area contributed by atoms with E-state index in [-0.39, 0.29) is 17.2 Å². The molecule has 2 aromatic carbocycles. The third-order valence-electron chi connectivity index (χ3n) is 6.41. The maximum Gasteiger partial charge on any atom is 0.573 e. The highest BCUT2D eigenvalue weighted by Gasteiger charge is 2.35. The van der Waals surface area contributed by atoms with Gasteiger partial charge < -0.3 is 19.4 Å². The number of carbonyl (C=O) groups is 1. The second-order valence-corrected chi connectivity index (χ2v) is 11.9. The molecule has 1 aliphatic carbocycles. The van der Waals surface area contributed by atoms with Gasteiger partial charge in [0.05, 0.1) is 11.0 Å². The van der Waals surface area contributed by atoms with E-state index >= 15 is 0 Å². The number of halogens is 3. The first kappa shape index (κ1) is 27.6. The summed E-state index contributed by atoms with van der Waals surface area (Å²) in [6, 6.07) is 11.3. The standard InChI is InChI=1S/C28H35F3N4O3/c1-17-13-20(16-27(5,6)15-17)35-23-12-9-19(33-25(36)38-26(2,3)4)14-22(23)34-24(35)32-18-7-10-21(11-8-18)37-28(29,30)31/h7-12,14,17,20H,13,15-16H2,1-6H3,(H,32,34)(H,33,36)/t17-,20+/m0/s1. The molecule has 4 rings (SSSR count). The maximum atomic E-state index is 12.6. The molecule has 0 saturated heterocycles. The van der Waals surface area contributed by atoms with Gasteiger partial charge in [0.25, 0.3) is 0 Å². The van der Waals surface area contributed by atoms with Gasteiger partial charge in [-0.2, -0.15) is 0 Å². The van der Waals surface area contributed by atoms with E-state index in [1.807, 2.05) is 12.1 Å². The Labute approximate surface area is 220 Å². The van der Waals surface area contributed by atoms with Gasteiger partial charge in [0.15, 0.2) is 0 Å². The molecule has 3 aromatic rings. The number of carbonyl (C=O) groups excluding carboxylic acids is 1. The smallest absolute Gasteiger partial charge is 0.444 e. The second-order valence-electron chi connectivity index (χ2n) is 11.9. The van der Waals surface area contributed by atoms with Gasteiger partial charge in [0.2, 0.25) is 5.95 Å². The second kappa shape index (κ2) is 10.0.